The molecule has 2 heterocycles. The Balaban J connectivity index is 2.82. The molecule has 62 valence electrons. The Kier molecular flexibility index (Phi) is 1.69. The monoisotopic (exact) mass is 179 g/mol. The van der Waals surface area contributed by atoms with Gasteiger partial charge in [-0.15, -0.1) is 0 Å². The van der Waals surface area contributed by atoms with Crippen LogP contribution < -0.4 is 0 Å². The summed E-state index contributed by atoms with van der Waals surface area (Å²) in [5, 5.41) is 1.10. The molecule has 0 atom stereocenters. The second kappa shape index (κ2) is 2.71. The van der Waals surface area contributed by atoms with Gasteiger partial charge in [-0.1, -0.05) is 0 Å². The molecule has 2 rings (SSSR count). The standard InChI is InChI=1S/C8H9N3S/c1-2-11-5-6-3-4-9-7(6)10-8(11)12/h3-5H,2H2,1H3,(H,9,10,12). The van der Waals surface area contributed by atoms with E-state index in [0.29, 0.717) is 4.77 Å². The fraction of sp³-hybridized carbons (Fsp3) is 0.250. The zero-order valence-electron chi connectivity index (χ0n) is 6.74. The molecule has 3 nitrogen and oxygen atoms in total. The number of aromatic amines is 1. The first kappa shape index (κ1) is 7.49. The number of rotatable bonds is 1. The van der Waals surface area contributed by atoms with Gasteiger partial charge in [0.2, 0.25) is 4.77 Å². The lowest BCUT2D eigenvalue weighted by Gasteiger charge is -2.00. The first-order valence-electron chi connectivity index (χ1n) is 3.86. The second-order valence-corrected chi connectivity index (χ2v) is 2.96. The summed E-state index contributed by atoms with van der Waals surface area (Å²) in [7, 11) is 0. The van der Waals surface area contributed by atoms with E-state index in [1.807, 2.05) is 23.0 Å². The molecule has 0 radical (unpaired) electrons. The summed E-state index contributed by atoms with van der Waals surface area (Å²) >= 11 is 5.08. The first-order valence-corrected chi connectivity index (χ1v) is 4.26. The van der Waals surface area contributed by atoms with Gasteiger partial charge in [0, 0.05) is 24.3 Å². The van der Waals surface area contributed by atoms with Crippen LogP contribution in [-0.4, -0.2) is 14.5 Å². The van der Waals surface area contributed by atoms with Crippen molar-refractivity contribution in [3.8, 4) is 0 Å². The Labute approximate surface area is 75.1 Å². The van der Waals surface area contributed by atoms with Gasteiger partial charge < -0.3 is 9.55 Å². The average Bonchev–Trinajstić information content (AvgIpc) is 2.49. The highest BCUT2D eigenvalue weighted by molar-refractivity contribution is 7.71. The van der Waals surface area contributed by atoms with Gasteiger partial charge in [0.15, 0.2) is 0 Å². The van der Waals surface area contributed by atoms with Crippen LogP contribution in [0.15, 0.2) is 18.5 Å². The minimum atomic E-state index is 0.632. The van der Waals surface area contributed by atoms with Crippen LogP contribution >= 0.6 is 12.2 Å². The summed E-state index contributed by atoms with van der Waals surface area (Å²) in [4.78, 5) is 7.25. The maximum absolute atomic E-state index is 5.08. The summed E-state index contributed by atoms with van der Waals surface area (Å²) in [6.07, 6.45) is 3.88. The molecule has 1 N–H and O–H groups in total. The predicted molar refractivity (Wildman–Crippen MR) is 50.6 cm³/mol. The van der Waals surface area contributed by atoms with Gasteiger partial charge in [0.25, 0.3) is 0 Å². The fourth-order valence-electron chi connectivity index (χ4n) is 1.18. The van der Waals surface area contributed by atoms with E-state index in [0.717, 1.165) is 17.6 Å². The molecule has 0 aliphatic carbocycles. The molecule has 0 aromatic carbocycles. The molecule has 0 bridgehead atoms. The van der Waals surface area contributed by atoms with Crippen LogP contribution in [0.1, 0.15) is 6.92 Å². The summed E-state index contributed by atoms with van der Waals surface area (Å²) < 4.78 is 2.58. The number of aromatic nitrogens is 3. The second-order valence-electron chi connectivity index (χ2n) is 2.59. The van der Waals surface area contributed by atoms with Crippen molar-refractivity contribution in [1.29, 1.82) is 0 Å². The third kappa shape index (κ3) is 1.04. The van der Waals surface area contributed by atoms with E-state index >= 15 is 0 Å². The van der Waals surface area contributed by atoms with Crippen LogP contribution in [0, 0.1) is 4.77 Å². The molecule has 2 aromatic heterocycles. The van der Waals surface area contributed by atoms with Crippen LogP contribution in [0.25, 0.3) is 11.0 Å². The fourth-order valence-corrected chi connectivity index (χ4v) is 1.46. The number of aryl methyl sites for hydroxylation is 1. The third-order valence-electron chi connectivity index (χ3n) is 1.85. The maximum atomic E-state index is 5.08. The van der Waals surface area contributed by atoms with E-state index in [1.165, 1.54) is 0 Å². The lowest BCUT2D eigenvalue weighted by molar-refractivity contribution is 0.730. The van der Waals surface area contributed by atoms with Crippen molar-refractivity contribution >= 4 is 23.3 Å². The molecule has 0 fully saturated rings. The molecular formula is C8H9N3S. The highest BCUT2D eigenvalue weighted by atomic mass is 32.1. The van der Waals surface area contributed by atoms with Crippen molar-refractivity contribution < 1.29 is 0 Å². The molecule has 0 saturated heterocycles. The molecule has 12 heavy (non-hydrogen) atoms. The van der Waals surface area contributed by atoms with Gasteiger partial charge in [-0.3, -0.25) is 0 Å². The van der Waals surface area contributed by atoms with Crippen molar-refractivity contribution in [3.05, 3.63) is 23.2 Å². The Morgan fingerprint density at radius 1 is 1.67 bits per heavy atom. The Bertz CT molecular complexity index is 455. The molecule has 0 unspecified atom stereocenters. The van der Waals surface area contributed by atoms with Gasteiger partial charge in [0.05, 0.1) is 0 Å². The average molecular weight is 179 g/mol. The Hall–Kier alpha value is -1.16. The summed E-state index contributed by atoms with van der Waals surface area (Å²) in [6.45, 7) is 2.92. The number of nitrogens with zero attached hydrogens (tertiary/aromatic N) is 2. The number of hydrogen-bond acceptors (Lipinski definition) is 2. The predicted octanol–water partition coefficient (Wildman–Crippen LogP) is 2.11. The quantitative estimate of drug-likeness (QED) is 0.680. The highest BCUT2D eigenvalue weighted by Crippen LogP contribution is 2.08. The van der Waals surface area contributed by atoms with Crippen molar-refractivity contribution in [3.63, 3.8) is 0 Å². The number of fused-ring (bicyclic) bond motifs is 1. The van der Waals surface area contributed by atoms with E-state index in [4.69, 9.17) is 12.2 Å². The Morgan fingerprint density at radius 2 is 2.50 bits per heavy atom. The third-order valence-corrected chi connectivity index (χ3v) is 2.17. The summed E-state index contributed by atoms with van der Waals surface area (Å²) in [5.74, 6) is 0. The SMILES string of the molecule is CCn1cc2cc[nH]c2nc1=S. The summed E-state index contributed by atoms with van der Waals surface area (Å²) in [6, 6.07) is 1.99. The topological polar surface area (TPSA) is 33.6 Å². The van der Waals surface area contributed by atoms with Crippen molar-refractivity contribution in [1.82, 2.24) is 14.5 Å². The maximum Gasteiger partial charge on any atom is 0.201 e. The minimum absolute atomic E-state index is 0.632. The normalized spacial score (nSPS) is 10.8. The zero-order valence-corrected chi connectivity index (χ0v) is 7.56. The zero-order chi connectivity index (χ0) is 8.55. The number of hydrogen-bond donors (Lipinski definition) is 1. The van der Waals surface area contributed by atoms with Gasteiger partial charge in [-0.25, -0.2) is 4.98 Å². The molecule has 4 heteroatoms. The Morgan fingerprint density at radius 3 is 3.25 bits per heavy atom. The van der Waals surface area contributed by atoms with Crippen LogP contribution in [0.3, 0.4) is 0 Å². The van der Waals surface area contributed by atoms with Crippen LogP contribution in [0.2, 0.25) is 0 Å². The van der Waals surface area contributed by atoms with Crippen LogP contribution in [-0.2, 0) is 6.54 Å². The lowest BCUT2D eigenvalue weighted by Crippen LogP contribution is -1.98. The van der Waals surface area contributed by atoms with Crippen molar-refractivity contribution in [2.24, 2.45) is 0 Å². The molecule has 2 aromatic rings. The van der Waals surface area contributed by atoms with E-state index in [1.54, 1.807) is 0 Å². The number of nitrogens with one attached hydrogen (secondary N) is 1. The molecule has 0 spiro atoms. The van der Waals surface area contributed by atoms with Gasteiger partial charge in [-0.05, 0) is 25.2 Å². The summed E-state index contributed by atoms with van der Waals surface area (Å²) in [5.41, 5.74) is 0.865. The molecule has 0 saturated carbocycles. The van der Waals surface area contributed by atoms with Crippen molar-refractivity contribution in [2.45, 2.75) is 13.5 Å². The van der Waals surface area contributed by atoms with Gasteiger partial charge in [0.1, 0.15) is 5.65 Å². The van der Waals surface area contributed by atoms with E-state index in [2.05, 4.69) is 16.9 Å². The molecule has 0 aliphatic heterocycles. The van der Waals surface area contributed by atoms with E-state index in [-0.39, 0.29) is 0 Å². The molecular weight excluding hydrogens is 170 g/mol. The van der Waals surface area contributed by atoms with Crippen molar-refractivity contribution in [2.75, 3.05) is 0 Å². The van der Waals surface area contributed by atoms with E-state index in [9.17, 15) is 0 Å². The molecule has 0 amide bonds. The molecule has 0 aliphatic rings. The smallest absolute Gasteiger partial charge is 0.201 e. The highest BCUT2D eigenvalue weighted by Gasteiger charge is 1.96. The lowest BCUT2D eigenvalue weighted by atomic mass is 10.4. The van der Waals surface area contributed by atoms with Crippen LogP contribution in [0.5, 0.6) is 0 Å². The van der Waals surface area contributed by atoms with Gasteiger partial charge >= 0.3 is 0 Å². The number of H-pyrrole nitrogens is 1. The minimum Gasteiger partial charge on any atom is -0.346 e. The van der Waals surface area contributed by atoms with E-state index < -0.39 is 0 Å². The van der Waals surface area contributed by atoms with Crippen LogP contribution in [0.4, 0.5) is 0 Å². The van der Waals surface area contributed by atoms with Gasteiger partial charge in [-0.2, -0.15) is 0 Å². The largest absolute Gasteiger partial charge is 0.346 e. The first-order chi connectivity index (χ1) is 5.81.